The molecule has 3 aromatic rings. The summed E-state index contributed by atoms with van der Waals surface area (Å²) < 4.78 is 0. The fraction of sp³-hybridized carbons (Fsp3) is 0.0500. The quantitative estimate of drug-likeness (QED) is 0.368. The van der Waals surface area contributed by atoms with E-state index in [0.717, 1.165) is 9.79 Å². The smallest absolute Gasteiger partial charge is 0.270 e. The van der Waals surface area contributed by atoms with Crippen molar-refractivity contribution in [3.05, 3.63) is 88.0 Å². The summed E-state index contributed by atoms with van der Waals surface area (Å²) in [6, 6.07) is 19.3. The molecular weight excluding hydrogens is 348 g/mol. The summed E-state index contributed by atoms with van der Waals surface area (Å²) >= 11 is 1.53. The molecule has 0 saturated heterocycles. The molecule has 0 aliphatic heterocycles. The van der Waals surface area contributed by atoms with Gasteiger partial charge in [-0.05, 0) is 49.4 Å². The molecule has 130 valence electrons. The molecular formula is C20H16N2O3S. The van der Waals surface area contributed by atoms with Gasteiger partial charge in [-0.1, -0.05) is 29.5 Å². The molecule has 0 heterocycles. The number of aryl methyl sites for hydroxylation is 1. The molecule has 0 aromatic heterocycles. The first-order valence-corrected chi connectivity index (χ1v) is 8.69. The van der Waals surface area contributed by atoms with Crippen molar-refractivity contribution in [2.75, 3.05) is 0 Å². The summed E-state index contributed by atoms with van der Waals surface area (Å²) in [5, 5.41) is 20.4. The second-order valence-electron chi connectivity index (χ2n) is 5.67. The van der Waals surface area contributed by atoms with Crippen LogP contribution < -0.4 is 0 Å². The van der Waals surface area contributed by atoms with Crippen molar-refractivity contribution in [3.8, 4) is 5.75 Å². The van der Waals surface area contributed by atoms with Crippen LogP contribution in [0.15, 0.2) is 81.5 Å². The third-order valence-corrected chi connectivity index (χ3v) is 4.75. The van der Waals surface area contributed by atoms with Gasteiger partial charge in [-0.15, -0.1) is 0 Å². The number of aromatic hydroxyl groups is 1. The minimum absolute atomic E-state index is 0.0189. The molecule has 0 spiro atoms. The third kappa shape index (κ3) is 4.49. The maximum atomic E-state index is 11.1. The Kier molecular flexibility index (Phi) is 5.34. The van der Waals surface area contributed by atoms with Crippen molar-refractivity contribution >= 4 is 29.4 Å². The predicted octanol–water partition coefficient (Wildman–Crippen LogP) is 5.51. The molecule has 0 saturated carbocycles. The monoisotopic (exact) mass is 364 g/mol. The Labute approximate surface area is 155 Å². The molecule has 6 heteroatoms. The first-order valence-electron chi connectivity index (χ1n) is 7.87. The van der Waals surface area contributed by atoms with Crippen LogP contribution in [0.3, 0.4) is 0 Å². The van der Waals surface area contributed by atoms with Crippen molar-refractivity contribution in [1.29, 1.82) is 0 Å². The van der Waals surface area contributed by atoms with E-state index in [1.54, 1.807) is 36.5 Å². The number of phenols is 1. The molecule has 0 aliphatic rings. The normalized spacial score (nSPS) is 11.0. The maximum absolute atomic E-state index is 11.1. The molecule has 5 nitrogen and oxygen atoms in total. The first kappa shape index (κ1) is 17.7. The lowest BCUT2D eigenvalue weighted by molar-refractivity contribution is -0.384. The number of benzene rings is 3. The summed E-state index contributed by atoms with van der Waals surface area (Å²) in [6.45, 7) is 2.02. The molecule has 0 radical (unpaired) electrons. The van der Waals surface area contributed by atoms with Gasteiger partial charge in [0.05, 0.1) is 10.6 Å². The number of nitrogens with zero attached hydrogens (tertiary/aromatic N) is 2. The van der Waals surface area contributed by atoms with Crippen LogP contribution in [0.5, 0.6) is 5.75 Å². The molecule has 3 rings (SSSR count). The van der Waals surface area contributed by atoms with E-state index in [0.29, 0.717) is 11.3 Å². The van der Waals surface area contributed by atoms with Gasteiger partial charge in [0.2, 0.25) is 0 Å². The Morgan fingerprint density at radius 1 is 1.04 bits per heavy atom. The molecule has 3 aromatic carbocycles. The van der Waals surface area contributed by atoms with Crippen molar-refractivity contribution in [1.82, 2.24) is 0 Å². The number of hydrogen-bond acceptors (Lipinski definition) is 5. The van der Waals surface area contributed by atoms with E-state index < -0.39 is 4.92 Å². The maximum Gasteiger partial charge on any atom is 0.270 e. The van der Waals surface area contributed by atoms with Crippen LogP contribution in [0.1, 0.15) is 11.1 Å². The fourth-order valence-electron chi connectivity index (χ4n) is 2.26. The lowest BCUT2D eigenvalue weighted by Crippen LogP contribution is -1.92. The third-order valence-electron chi connectivity index (χ3n) is 3.66. The van der Waals surface area contributed by atoms with Gasteiger partial charge in [0.1, 0.15) is 5.75 Å². The number of nitro groups is 1. The summed E-state index contributed by atoms with van der Waals surface area (Å²) in [7, 11) is 0. The number of phenolic OH excluding ortho intramolecular Hbond substituents is 1. The molecule has 0 bridgehead atoms. The molecule has 0 atom stereocenters. The molecule has 0 amide bonds. The van der Waals surface area contributed by atoms with Crippen LogP contribution >= 0.6 is 11.8 Å². The molecule has 0 aliphatic carbocycles. The molecule has 26 heavy (non-hydrogen) atoms. The fourth-order valence-corrected chi connectivity index (χ4v) is 3.15. The van der Waals surface area contributed by atoms with Gasteiger partial charge in [-0.3, -0.25) is 15.1 Å². The van der Waals surface area contributed by atoms with Crippen molar-refractivity contribution in [2.45, 2.75) is 16.7 Å². The van der Waals surface area contributed by atoms with E-state index in [1.165, 1.54) is 29.5 Å². The second kappa shape index (κ2) is 7.84. The van der Waals surface area contributed by atoms with E-state index in [4.69, 9.17) is 0 Å². The van der Waals surface area contributed by atoms with E-state index >= 15 is 0 Å². The number of hydrogen-bond donors (Lipinski definition) is 1. The average molecular weight is 364 g/mol. The van der Waals surface area contributed by atoms with Gasteiger partial charge >= 0.3 is 0 Å². The second-order valence-corrected chi connectivity index (χ2v) is 6.78. The Balaban J connectivity index is 1.94. The SMILES string of the molecule is Cc1ccc(Sc2ccc([N+](=O)[O-])cc2C=Nc2ccc(O)cc2)cc1. The van der Waals surface area contributed by atoms with E-state index in [2.05, 4.69) is 4.99 Å². The summed E-state index contributed by atoms with van der Waals surface area (Å²) in [5.74, 6) is 0.162. The molecule has 0 unspecified atom stereocenters. The standard InChI is InChI=1S/C20H16N2O3S/c1-14-2-9-19(10-3-14)26-20-11-6-17(22(24)25)12-15(20)13-21-16-4-7-18(23)8-5-16/h2-13,23H,1H3. The Hall–Kier alpha value is -3.12. The molecule has 1 N–H and O–H groups in total. The van der Waals surface area contributed by atoms with Gasteiger partial charge in [-0.2, -0.15) is 0 Å². The van der Waals surface area contributed by atoms with E-state index in [9.17, 15) is 15.2 Å². The number of rotatable bonds is 5. The van der Waals surface area contributed by atoms with Crippen molar-refractivity contribution < 1.29 is 10.0 Å². The summed E-state index contributed by atoms with van der Waals surface area (Å²) in [5.41, 5.74) is 2.51. The minimum Gasteiger partial charge on any atom is -0.508 e. The highest BCUT2D eigenvalue weighted by molar-refractivity contribution is 7.99. The summed E-state index contributed by atoms with van der Waals surface area (Å²) in [4.78, 5) is 17.0. The van der Waals surface area contributed by atoms with Crippen molar-refractivity contribution in [2.24, 2.45) is 4.99 Å². The largest absolute Gasteiger partial charge is 0.508 e. The zero-order valence-electron chi connectivity index (χ0n) is 14.0. The summed E-state index contributed by atoms with van der Waals surface area (Å²) in [6.07, 6.45) is 1.61. The lowest BCUT2D eigenvalue weighted by Gasteiger charge is -2.06. The van der Waals surface area contributed by atoms with Crippen molar-refractivity contribution in [3.63, 3.8) is 0 Å². The number of non-ortho nitro benzene ring substituents is 1. The highest BCUT2D eigenvalue weighted by Gasteiger charge is 2.11. The number of nitro benzene ring substituents is 1. The zero-order chi connectivity index (χ0) is 18.5. The van der Waals surface area contributed by atoms with Gasteiger partial charge in [-0.25, -0.2) is 0 Å². The van der Waals surface area contributed by atoms with Crippen LogP contribution in [-0.4, -0.2) is 16.2 Å². The number of aliphatic imine (C=N–C) groups is 1. The average Bonchev–Trinajstić information content (AvgIpc) is 2.64. The predicted molar refractivity (Wildman–Crippen MR) is 104 cm³/mol. The first-order chi connectivity index (χ1) is 12.5. The van der Waals surface area contributed by atoms with Gasteiger partial charge in [0, 0.05) is 33.7 Å². The minimum atomic E-state index is -0.418. The highest BCUT2D eigenvalue weighted by Crippen LogP contribution is 2.32. The topological polar surface area (TPSA) is 75.7 Å². The van der Waals surface area contributed by atoms with Gasteiger partial charge in [0.15, 0.2) is 0 Å². The van der Waals surface area contributed by atoms with Crippen LogP contribution in [-0.2, 0) is 0 Å². The Bertz CT molecular complexity index is 952. The highest BCUT2D eigenvalue weighted by atomic mass is 32.2. The Morgan fingerprint density at radius 2 is 1.73 bits per heavy atom. The van der Waals surface area contributed by atoms with Gasteiger partial charge in [0.25, 0.3) is 5.69 Å². The van der Waals surface area contributed by atoms with Crippen LogP contribution in [0.25, 0.3) is 0 Å². The Morgan fingerprint density at radius 3 is 2.38 bits per heavy atom. The van der Waals surface area contributed by atoms with Crippen LogP contribution in [0.2, 0.25) is 0 Å². The van der Waals surface area contributed by atoms with E-state index in [-0.39, 0.29) is 11.4 Å². The van der Waals surface area contributed by atoms with Crippen LogP contribution in [0.4, 0.5) is 11.4 Å². The molecule has 0 fully saturated rings. The lowest BCUT2D eigenvalue weighted by atomic mass is 10.2. The van der Waals surface area contributed by atoms with Gasteiger partial charge < -0.3 is 5.11 Å². The zero-order valence-corrected chi connectivity index (χ0v) is 14.8. The van der Waals surface area contributed by atoms with Crippen LogP contribution in [0, 0.1) is 17.0 Å². The van der Waals surface area contributed by atoms with E-state index in [1.807, 2.05) is 31.2 Å².